The van der Waals surface area contributed by atoms with E-state index in [-0.39, 0.29) is 25.2 Å². The second-order valence-corrected chi connectivity index (χ2v) is 8.03. The summed E-state index contributed by atoms with van der Waals surface area (Å²) in [7, 11) is 0. The van der Waals surface area contributed by atoms with Crippen LogP contribution in [0.25, 0.3) is 0 Å². The zero-order valence-electron chi connectivity index (χ0n) is 22.6. The molecule has 0 aromatic heterocycles. The highest BCUT2D eigenvalue weighted by Crippen LogP contribution is 2.05. The highest BCUT2D eigenvalue weighted by molar-refractivity contribution is 5.69. The first-order valence-electron chi connectivity index (χ1n) is 13.5. The summed E-state index contributed by atoms with van der Waals surface area (Å²) in [5, 5.41) is 0. The number of ether oxygens (including phenoxy) is 8. The third-order valence-corrected chi connectivity index (χ3v) is 4.78. The van der Waals surface area contributed by atoms with Crippen molar-refractivity contribution in [1.82, 2.24) is 0 Å². The predicted octanol–water partition coefficient (Wildman–Crippen LogP) is 3.33. The van der Waals surface area contributed by atoms with Crippen molar-refractivity contribution in [3.05, 3.63) is 0 Å². The second kappa shape index (κ2) is 29.9. The van der Waals surface area contributed by atoms with E-state index in [1.54, 1.807) is 0 Å². The van der Waals surface area contributed by atoms with Crippen molar-refractivity contribution in [2.24, 2.45) is 0 Å². The quantitative estimate of drug-likeness (QED) is 0.107. The average Bonchev–Trinajstić information content (AvgIpc) is 2.87. The zero-order chi connectivity index (χ0) is 26.4. The Morgan fingerprint density at radius 2 is 0.722 bits per heavy atom. The molecule has 0 saturated heterocycles. The molecule has 0 amide bonds. The van der Waals surface area contributed by atoms with E-state index in [0.29, 0.717) is 92.1 Å². The fourth-order valence-electron chi connectivity index (χ4n) is 2.85. The van der Waals surface area contributed by atoms with E-state index in [1.807, 2.05) is 6.92 Å². The van der Waals surface area contributed by atoms with Crippen molar-refractivity contribution in [2.45, 2.75) is 65.2 Å². The third kappa shape index (κ3) is 28.9. The van der Waals surface area contributed by atoms with Gasteiger partial charge in [-0.15, -0.1) is 0 Å². The minimum atomic E-state index is -0.188. The van der Waals surface area contributed by atoms with E-state index in [0.717, 1.165) is 19.3 Å². The average molecular weight is 523 g/mol. The Hall–Kier alpha value is -1.30. The first kappa shape index (κ1) is 34.7. The monoisotopic (exact) mass is 522 g/mol. The predicted molar refractivity (Wildman–Crippen MR) is 135 cm³/mol. The van der Waals surface area contributed by atoms with Crippen LogP contribution >= 0.6 is 0 Å². The molecule has 0 unspecified atom stereocenters. The molecule has 10 nitrogen and oxygen atoms in total. The van der Waals surface area contributed by atoms with Gasteiger partial charge in [0.25, 0.3) is 0 Å². The molecule has 0 N–H and O–H groups in total. The van der Waals surface area contributed by atoms with Crippen molar-refractivity contribution in [1.29, 1.82) is 0 Å². The van der Waals surface area contributed by atoms with Gasteiger partial charge < -0.3 is 37.9 Å². The fourth-order valence-corrected chi connectivity index (χ4v) is 2.85. The molecular formula is C26H50O10. The van der Waals surface area contributed by atoms with E-state index < -0.39 is 0 Å². The van der Waals surface area contributed by atoms with Crippen LogP contribution in [0.3, 0.4) is 0 Å². The molecule has 0 radical (unpaired) electrons. The molecule has 0 aliphatic heterocycles. The highest BCUT2D eigenvalue weighted by atomic mass is 16.6. The Labute approximate surface area is 217 Å². The summed E-state index contributed by atoms with van der Waals surface area (Å²) < 4.78 is 42.5. The third-order valence-electron chi connectivity index (χ3n) is 4.78. The summed E-state index contributed by atoms with van der Waals surface area (Å²) in [6, 6.07) is 0. The maximum Gasteiger partial charge on any atom is 0.305 e. The van der Waals surface area contributed by atoms with Gasteiger partial charge in [-0.25, -0.2) is 0 Å². The number of esters is 2. The number of hydrogen-bond acceptors (Lipinski definition) is 10. The lowest BCUT2D eigenvalue weighted by atomic mass is 10.1. The lowest BCUT2D eigenvalue weighted by Crippen LogP contribution is -2.15. The molecule has 0 bridgehead atoms. The molecule has 0 fully saturated rings. The maximum absolute atomic E-state index is 11.6. The van der Waals surface area contributed by atoms with Crippen LogP contribution < -0.4 is 0 Å². The molecule has 0 heterocycles. The van der Waals surface area contributed by atoms with Crippen LogP contribution in [0.15, 0.2) is 0 Å². The summed E-state index contributed by atoms with van der Waals surface area (Å²) in [6.07, 6.45) is 7.31. The van der Waals surface area contributed by atoms with Crippen LogP contribution in [0.2, 0.25) is 0 Å². The molecule has 0 saturated carbocycles. The fraction of sp³-hybridized carbons (Fsp3) is 0.923. The van der Waals surface area contributed by atoms with Crippen molar-refractivity contribution in [3.8, 4) is 0 Å². The van der Waals surface area contributed by atoms with Gasteiger partial charge in [0.2, 0.25) is 0 Å². The van der Waals surface area contributed by atoms with Crippen LogP contribution in [0.1, 0.15) is 65.2 Å². The molecule has 0 atom stereocenters. The Bertz CT molecular complexity index is 476. The Morgan fingerprint density at radius 1 is 0.389 bits per heavy atom. The standard InChI is InChI=1S/C26H50O10/c1-3-5-6-7-8-10-26(28)36-24-22-34-20-18-32-16-14-30-12-11-29-13-15-31-17-19-33-21-23-35-25(27)9-4-2/h3-24H2,1-2H3. The van der Waals surface area contributed by atoms with Gasteiger partial charge in [-0.05, 0) is 12.8 Å². The van der Waals surface area contributed by atoms with E-state index in [4.69, 9.17) is 37.9 Å². The lowest BCUT2D eigenvalue weighted by Gasteiger charge is -2.09. The number of rotatable bonds is 29. The largest absolute Gasteiger partial charge is 0.463 e. The molecule has 36 heavy (non-hydrogen) atoms. The Morgan fingerprint density at radius 3 is 1.08 bits per heavy atom. The van der Waals surface area contributed by atoms with Crippen molar-refractivity contribution in [2.75, 3.05) is 92.5 Å². The number of hydrogen-bond donors (Lipinski definition) is 0. The molecule has 214 valence electrons. The van der Waals surface area contributed by atoms with E-state index in [1.165, 1.54) is 19.3 Å². The molecular weight excluding hydrogens is 472 g/mol. The van der Waals surface area contributed by atoms with Crippen LogP contribution in [0.4, 0.5) is 0 Å². The number of carbonyl (C=O) groups is 2. The number of carbonyl (C=O) groups excluding carboxylic acids is 2. The van der Waals surface area contributed by atoms with E-state index in [2.05, 4.69) is 6.92 Å². The summed E-state index contributed by atoms with van der Waals surface area (Å²) in [6.45, 7) is 10.2. The van der Waals surface area contributed by atoms with Gasteiger partial charge in [-0.3, -0.25) is 9.59 Å². The van der Waals surface area contributed by atoms with Crippen LogP contribution in [-0.4, -0.2) is 104 Å². The first-order chi connectivity index (χ1) is 17.7. The maximum atomic E-state index is 11.6. The van der Waals surface area contributed by atoms with Gasteiger partial charge in [0, 0.05) is 12.8 Å². The van der Waals surface area contributed by atoms with Crippen LogP contribution in [-0.2, 0) is 47.5 Å². The molecule has 0 rings (SSSR count). The highest BCUT2D eigenvalue weighted by Gasteiger charge is 2.02. The van der Waals surface area contributed by atoms with Gasteiger partial charge in [0.05, 0.1) is 79.3 Å². The van der Waals surface area contributed by atoms with Crippen LogP contribution in [0.5, 0.6) is 0 Å². The summed E-state index contributed by atoms with van der Waals surface area (Å²) in [5.41, 5.74) is 0. The second-order valence-electron chi connectivity index (χ2n) is 8.03. The molecule has 10 heteroatoms. The number of unbranched alkanes of at least 4 members (excludes halogenated alkanes) is 4. The van der Waals surface area contributed by atoms with E-state index >= 15 is 0 Å². The molecule has 0 spiro atoms. The van der Waals surface area contributed by atoms with Gasteiger partial charge in [0.15, 0.2) is 0 Å². The lowest BCUT2D eigenvalue weighted by molar-refractivity contribution is -0.146. The van der Waals surface area contributed by atoms with Gasteiger partial charge in [-0.2, -0.15) is 0 Å². The molecule has 0 aromatic carbocycles. The SMILES string of the molecule is CCCCCCCC(=O)OCCOCCOCCOCCOCCOCCOCCOC(=O)CCC. The van der Waals surface area contributed by atoms with Gasteiger partial charge in [-0.1, -0.05) is 39.5 Å². The smallest absolute Gasteiger partial charge is 0.305 e. The Balaban J connectivity index is 3.12. The first-order valence-corrected chi connectivity index (χ1v) is 13.5. The topological polar surface area (TPSA) is 108 Å². The minimum Gasteiger partial charge on any atom is -0.463 e. The molecule has 0 aliphatic carbocycles. The van der Waals surface area contributed by atoms with Crippen molar-refractivity contribution in [3.63, 3.8) is 0 Å². The summed E-state index contributed by atoms with van der Waals surface area (Å²) in [4.78, 5) is 22.7. The molecule has 0 aromatic rings. The van der Waals surface area contributed by atoms with Crippen molar-refractivity contribution < 1.29 is 47.5 Å². The van der Waals surface area contributed by atoms with Crippen molar-refractivity contribution >= 4 is 11.9 Å². The van der Waals surface area contributed by atoms with Crippen LogP contribution in [0, 0.1) is 0 Å². The minimum absolute atomic E-state index is 0.148. The molecule has 0 aliphatic rings. The van der Waals surface area contributed by atoms with Gasteiger partial charge in [0.1, 0.15) is 13.2 Å². The zero-order valence-corrected chi connectivity index (χ0v) is 22.6. The summed E-state index contributed by atoms with van der Waals surface area (Å²) in [5.74, 6) is -0.336. The normalized spacial score (nSPS) is 11.1. The Kier molecular flexibility index (Phi) is 28.8. The van der Waals surface area contributed by atoms with Gasteiger partial charge >= 0.3 is 11.9 Å². The van der Waals surface area contributed by atoms with E-state index in [9.17, 15) is 9.59 Å². The summed E-state index contributed by atoms with van der Waals surface area (Å²) >= 11 is 0.